The molecule has 3 aliphatic rings. The Kier molecular flexibility index (Phi) is 2.49. The van der Waals surface area contributed by atoms with Crippen LogP contribution in [0.3, 0.4) is 0 Å². The van der Waals surface area contributed by atoms with Crippen molar-refractivity contribution in [1.82, 2.24) is 0 Å². The third-order valence-corrected chi connectivity index (χ3v) is 4.58. The normalized spacial score (nSPS) is 39.2. The van der Waals surface area contributed by atoms with E-state index in [2.05, 4.69) is 26.5 Å². The molecule has 4 atom stereocenters. The van der Waals surface area contributed by atoms with Crippen molar-refractivity contribution in [2.45, 2.75) is 38.9 Å². The first-order valence-corrected chi connectivity index (χ1v) is 6.43. The first kappa shape index (κ1) is 11.7. The minimum absolute atomic E-state index is 0.148. The minimum atomic E-state index is -0.556. The van der Waals surface area contributed by atoms with Crippen molar-refractivity contribution in [2.24, 2.45) is 11.8 Å². The number of fused-ring (bicyclic) bond motifs is 3. The van der Waals surface area contributed by atoms with Crippen LogP contribution in [0.25, 0.3) is 0 Å². The summed E-state index contributed by atoms with van der Waals surface area (Å²) in [6.45, 7) is 7.95. The van der Waals surface area contributed by atoms with E-state index < -0.39 is 6.10 Å². The van der Waals surface area contributed by atoms with Crippen LogP contribution in [0.5, 0.6) is 0 Å². The fourth-order valence-electron chi connectivity index (χ4n) is 3.60. The van der Waals surface area contributed by atoms with Gasteiger partial charge >= 0.3 is 5.97 Å². The molecule has 1 fully saturated rings. The van der Waals surface area contributed by atoms with Crippen molar-refractivity contribution in [1.29, 1.82) is 0 Å². The van der Waals surface area contributed by atoms with Crippen LogP contribution >= 0.6 is 0 Å². The number of allylic oxidation sites excluding steroid dienone is 1. The Morgan fingerprint density at radius 1 is 1.44 bits per heavy atom. The van der Waals surface area contributed by atoms with Crippen LogP contribution in [0, 0.1) is 11.8 Å². The van der Waals surface area contributed by atoms with Gasteiger partial charge in [-0.15, -0.1) is 0 Å². The smallest absolute Gasteiger partial charge is 0.334 e. The highest BCUT2D eigenvalue weighted by Crippen LogP contribution is 2.48. The van der Waals surface area contributed by atoms with Gasteiger partial charge < -0.3 is 9.84 Å². The van der Waals surface area contributed by atoms with Crippen LogP contribution in [-0.4, -0.2) is 23.3 Å². The molecular formula is C15H18O3. The number of hydrogen-bond acceptors (Lipinski definition) is 3. The summed E-state index contributed by atoms with van der Waals surface area (Å²) in [5.74, 6) is -0.450. The van der Waals surface area contributed by atoms with Gasteiger partial charge in [0.05, 0.1) is 12.0 Å². The van der Waals surface area contributed by atoms with Crippen molar-refractivity contribution < 1.29 is 14.6 Å². The van der Waals surface area contributed by atoms with Gasteiger partial charge in [-0.2, -0.15) is 0 Å². The molecule has 2 aliphatic carbocycles. The Hall–Kier alpha value is -1.35. The Morgan fingerprint density at radius 3 is 2.89 bits per heavy atom. The Balaban J connectivity index is 2.09. The molecule has 0 aromatic carbocycles. The molecule has 0 saturated carbocycles. The second-order valence-electron chi connectivity index (χ2n) is 5.63. The van der Waals surface area contributed by atoms with Crippen LogP contribution < -0.4 is 0 Å². The Labute approximate surface area is 107 Å². The average molecular weight is 246 g/mol. The second-order valence-corrected chi connectivity index (χ2v) is 5.63. The number of ether oxygens (including phenoxy) is 1. The summed E-state index contributed by atoms with van der Waals surface area (Å²) in [7, 11) is 0. The number of hydrogen-bond donors (Lipinski definition) is 1. The average Bonchev–Trinajstić information content (AvgIpc) is 2.77. The highest BCUT2D eigenvalue weighted by atomic mass is 16.6. The monoisotopic (exact) mass is 246 g/mol. The molecule has 96 valence electrons. The number of carbonyl (C=O) groups excluding carboxylic acids is 1. The van der Waals surface area contributed by atoms with Gasteiger partial charge in [0.25, 0.3) is 0 Å². The van der Waals surface area contributed by atoms with Gasteiger partial charge in [-0.3, -0.25) is 0 Å². The van der Waals surface area contributed by atoms with E-state index >= 15 is 0 Å². The molecule has 0 amide bonds. The summed E-state index contributed by atoms with van der Waals surface area (Å²) in [6.07, 6.45) is 2.92. The van der Waals surface area contributed by atoms with Gasteiger partial charge in [0.15, 0.2) is 0 Å². The summed E-state index contributed by atoms with van der Waals surface area (Å²) < 4.78 is 5.49. The molecule has 0 spiro atoms. The van der Waals surface area contributed by atoms with Gasteiger partial charge in [0.1, 0.15) is 6.10 Å². The molecule has 3 heteroatoms. The first-order valence-electron chi connectivity index (χ1n) is 6.43. The quantitative estimate of drug-likeness (QED) is 0.404. The summed E-state index contributed by atoms with van der Waals surface area (Å²) in [6, 6.07) is 0. The fourth-order valence-corrected chi connectivity index (χ4v) is 3.60. The predicted molar refractivity (Wildman–Crippen MR) is 67.7 cm³/mol. The lowest BCUT2D eigenvalue weighted by molar-refractivity contribution is -0.140. The van der Waals surface area contributed by atoms with E-state index in [4.69, 9.17) is 4.74 Å². The second kappa shape index (κ2) is 3.82. The maximum absolute atomic E-state index is 11.7. The van der Waals surface area contributed by atoms with Crippen LogP contribution in [-0.2, 0) is 9.53 Å². The van der Waals surface area contributed by atoms with Crippen LogP contribution in [0.4, 0.5) is 0 Å². The summed E-state index contributed by atoms with van der Waals surface area (Å²) in [5.41, 5.74) is 4.23. The number of aliphatic hydroxyl groups excluding tert-OH is 1. The van der Waals surface area contributed by atoms with Crippen LogP contribution in [0.2, 0.25) is 0 Å². The predicted octanol–water partition coefficient (Wildman–Crippen LogP) is 2.13. The lowest BCUT2D eigenvalue weighted by Crippen LogP contribution is -2.32. The maximum Gasteiger partial charge on any atom is 0.334 e. The molecule has 1 heterocycles. The molecular weight excluding hydrogens is 228 g/mol. The molecule has 0 radical (unpaired) electrons. The number of esters is 1. The molecule has 0 aromatic rings. The molecule has 0 aromatic heterocycles. The SMILES string of the molecule is C=C1C(=O)O[C@@H]2[C@H]3C(C)=CCC3=C(C)C[C@@H](O)[C@@H]12. The fraction of sp³-hybridized carbons (Fsp3) is 0.533. The highest BCUT2D eigenvalue weighted by molar-refractivity contribution is 5.91. The minimum Gasteiger partial charge on any atom is -0.457 e. The third kappa shape index (κ3) is 1.43. The van der Waals surface area contributed by atoms with E-state index in [0.717, 1.165) is 6.42 Å². The van der Waals surface area contributed by atoms with Crippen molar-refractivity contribution in [3.63, 3.8) is 0 Å². The Bertz CT molecular complexity index is 498. The molecule has 0 unspecified atom stereocenters. The van der Waals surface area contributed by atoms with E-state index in [1.807, 2.05) is 0 Å². The molecule has 18 heavy (non-hydrogen) atoms. The van der Waals surface area contributed by atoms with Gasteiger partial charge in [-0.05, 0) is 26.7 Å². The molecule has 3 nitrogen and oxygen atoms in total. The molecule has 1 aliphatic heterocycles. The van der Waals surface area contributed by atoms with Gasteiger partial charge in [-0.1, -0.05) is 29.4 Å². The van der Waals surface area contributed by atoms with E-state index in [0.29, 0.717) is 12.0 Å². The van der Waals surface area contributed by atoms with E-state index in [9.17, 15) is 9.90 Å². The van der Waals surface area contributed by atoms with E-state index in [1.54, 1.807) is 0 Å². The maximum atomic E-state index is 11.7. The van der Waals surface area contributed by atoms with Crippen molar-refractivity contribution >= 4 is 5.97 Å². The lowest BCUT2D eigenvalue weighted by Gasteiger charge is -2.25. The number of carbonyl (C=O) groups is 1. The molecule has 0 bridgehead atoms. The van der Waals surface area contributed by atoms with Gasteiger partial charge in [0, 0.05) is 11.5 Å². The van der Waals surface area contributed by atoms with Crippen molar-refractivity contribution in [3.8, 4) is 0 Å². The zero-order valence-electron chi connectivity index (χ0n) is 10.8. The lowest BCUT2D eigenvalue weighted by atomic mass is 9.82. The standard InChI is InChI=1S/C15H18O3/c1-7-4-5-10-8(2)6-11(16)13-9(3)15(17)18-14(13)12(7)10/h4,11-14,16H,3,5-6H2,1-2H3/t11-,12+,13-,14-/m1/s1. The largest absolute Gasteiger partial charge is 0.457 e. The summed E-state index contributed by atoms with van der Waals surface area (Å²) >= 11 is 0. The molecule has 1 saturated heterocycles. The van der Waals surface area contributed by atoms with E-state index in [1.165, 1.54) is 16.7 Å². The topological polar surface area (TPSA) is 46.5 Å². The number of rotatable bonds is 0. The summed E-state index contributed by atoms with van der Waals surface area (Å²) in [4.78, 5) is 11.7. The zero-order valence-corrected chi connectivity index (χ0v) is 10.8. The van der Waals surface area contributed by atoms with Crippen LogP contribution in [0.15, 0.2) is 34.9 Å². The zero-order chi connectivity index (χ0) is 13.0. The molecule has 3 rings (SSSR count). The first-order chi connectivity index (χ1) is 8.50. The van der Waals surface area contributed by atoms with Gasteiger partial charge in [0.2, 0.25) is 0 Å². The molecule has 1 N–H and O–H groups in total. The Morgan fingerprint density at radius 2 is 2.17 bits per heavy atom. The van der Waals surface area contributed by atoms with Crippen molar-refractivity contribution in [2.75, 3.05) is 0 Å². The highest BCUT2D eigenvalue weighted by Gasteiger charge is 2.50. The number of aliphatic hydroxyl groups is 1. The van der Waals surface area contributed by atoms with Crippen molar-refractivity contribution in [3.05, 3.63) is 34.9 Å². The van der Waals surface area contributed by atoms with Gasteiger partial charge in [-0.25, -0.2) is 4.79 Å². The van der Waals surface area contributed by atoms with Crippen LogP contribution in [0.1, 0.15) is 26.7 Å². The third-order valence-electron chi connectivity index (χ3n) is 4.58. The van der Waals surface area contributed by atoms with E-state index in [-0.39, 0.29) is 23.9 Å². The summed E-state index contributed by atoms with van der Waals surface area (Å²) in [5, 5.41) is 10.3.